The van der Waals surface area contributed by atoms with E-state index in [4.69, 9.17) is 5.73 Å². The number of nitrogens with zero attached hydrogens (tertiary/aromatic N) is 1. The lowest BCUT2D eigenvalue weighted by atomic mass is 9.76. The average molecular weight is 398 g/mol. The van der Waals surface area contributed by atoms with Crippen molar-refractivity contribution in [1.82, 2.24) is 10.2 Å². The highest BCUT2D eigenvalue weighted by atomic mass is 16.2. The zero-order valence-corrected chi connectivity index (χ0v) is 16.7. The first-order valence-electron chi connectivity index (χ1n) is 10.2. The summed E-state index contributed by atoms with van der Waals surface area (Å²) in [6.07, 6.45) is 2.14. The molecule has 29 heavy (non-hydrogen) atoms. The van der Waals surface area contributed by atoms with Gasteiger partial charge in [0, 0.05) is 30.3 Å². The Morgan fingerprint density at radius 2 is 1.97 bits per heavy atom. The summed E-state index contributed by atoms with van der Waals surface area (Å²) in [4.78, 5) is 52.8. The number of rotatable bonds is 6. The Kier molecular flexibility index (Phi) is 4.69. The van der Waals surface area contributed by atoms with Crippen LogP contribution in [0, 0.1) is 11.8 Å². The van der Waals surface area contributed by atoms with Crippen LogP contribution in [0.15, 0.2) is 18.2 Å². The first-order valence-corrected chi connectivity index (χ1v) is 10.2. The van der Waals surface area contributed by atoms with Gasteiger partial charge in [0.25, 0.3) is 0 Å². The standard InChI is InChI=1S/C21H26N4O4/c1-3-5-9-25-18(27)15-13(10-14(22)26)24-21(16(15)19(25)28)12-8-6-7-11(4-2)17(12)23-20(21)29/h6-8,13,15-16,24H,3-5,9-10H2,1-2H3,(H2,22,26)(H,23,29). The number of nitrogens with two attached hydrogens (primary N) is 1. The largest absolute Gasteiger partial charge is 0.370 e. The predicted octanol–water partition coefficient (Wildman–Crippen LogP) is 0.645. The predicted molar refractivity (Wildman–Crippen MR) is 105 cm³/mol. The molecule has 4 unspecified atom stereocenters. The molecule has 8 nitrogen and oxygen atoms in total. The second kappa shape index (κ2) is 6.95. The summed E-state index contributed by atoms with van der Waals surface area (Å²) in [5.41, 5.74) is 6.38. The SMILES string of the molecule is CCCCN1C(=O)C2C(CC(N)=O)NC3(C(=O)Nc4c(CC)cccc43)C2C1=O. The highest BCUT2D eigenvalue weighted by Crippen LogP contribution is 2.53. The zero-order valence-electron chi connectivity index (χ0n) is 16.7. The van der Waals surface area contributed by atoms with Crippen molar-refractivity contribution in [3.63, 3.8) is 0 Å². The molecule has 0 aromatic heterocycles. The molecule has 4 atom stereocenters. The molecule has 154 valence electrons. The zero-order chi connectivity index (χ0) is 20.9. The van der Waals surface area contributed by atoms with Gasteiger partial charge in [-0.2, -0.15) is 0 Å². The maximum absolute atomic E-state index is 13.4. The quantitative estimate of drug-likeness (QED) is 0.607. The normalized spacial score (nSPS) is 30.1. The summed E-state index contributed by atoms with van der Waals surface area (Å²) < 4.78 is 0. The third kappa shape index (κ3) is 2.62. The molecule has 8 heteroatoms. The van der Waals surface area contributed by atoms with E-state index in [9.17, 15) is 19.2 Å². The minimum Gasteiger partial charge on any atom is -0.370 e. The highest BCUT2D eigenvalue weighted by molar-refractivity contribution is 6.15. The van der Waals surface area contributed by atoms with Crippen LogP contribution >= 0.6 is 0 Å². The number of likely N-dealkylation sites (tertiary alicyclic amines) is 1. The van der Waals surface area contributed by atoms with E-state index < -0.39 is 29.3 Å². The number of fused-ring (bicyclic) bond motifs is 4. The fraction of sp³-hybridized carbons (Fsp3) is 0.524. The fourth-order valence-corrected chi connectivity index (χ4v) is 5.17. The smallest absolute Gasteiger partial charge is 0.250 e. The summed E-state index contributed by atoms with van der Waals surface area (Å²) in [5.74, 6) is -3.27. The lowest BCUT2D eigenvalue weighted by Crippen LogP contribution is -2.53. The summed E-state index contributed by atoms with van der Waals surface area (Å²) in [6.45, 7) is 4.30. The number of benzene rings is 1. The minimum atomic E-state index is -1.36. The van der Waals surface area contributed by atoms with Crippen molar-refractivity contribution in [3.05, 3.63) is 29.3 Å². The lowest BCUT2D eigenvalue weighted by molar-refractivity contribution is -0.142. The summed E-state index contributed by atoms with van der Waals surface area (Å²) >= 11 is 0. The monoisotopic (exact) mass is 398 g/mol. The number of aryl methyl sites for hydroxylation is 1. The molecule has 3 heterocycles. The molecule has 3 aliphatic heterocycles. The van der Waals surface area contributed by atoms with Crippen LogP contribution in [0.1, 0.15) is 44.2 Å². The van der Waals surface area contributed by atoms with Gasteiger partial charge in [-0.1, -0.05) is 38.5 Å². The Bertz CT molecular complexity index is 914. The second-order valence-corrected chi connectivity index (χ2v) is 8.06. The van der Waals surface area contributed by atoms with Crippen molar-refractivity contribution in [3.8, 4) is 0 Å². The third-order valence-corrected chi connectivity index (χ3v) is 6.47. The molecule has 0 bridgehead atoms. The van der Waals surface area contributed by atoms with Crippen LogP contribution < -0.4 is 16.4 Å². The summed E-state index contributed by atoms with van der Waals surface area (Å²) in [7, 11) is 0. The maximum Gasteiger partial charge on any atom is 0.250 e. The van der Waals surface area contributed by atoms with Gasteiger partial charge in [-0.05, 0) is 18.4 Å². The van der Waals surface area contributed by atoms with Gasteiger partial charge in [0.15, 0.2) is 0 Å². The number of unbranched alkanes of at least 4 members (excludes halogenated alkanes) is 1. The molecule has 0 saturated carbocycles. The van der Waals surface area contributed by atoms with Crippen molar-refractivity contribution < 1.29 is 19.2 Å². The van der Waals surface area contributed by atoms with E-state index in [1.54, 1.807) is 0 Å². The Balaban J connectivity index is 1.85. The Hall–Kier alpha value is -2.74. The van der Waals surface area contributed by atoms with Gasteiger partial charge >= 0.3 is 0 Å². The molecule has 0 aliphatic carbocycles. The van der Waals surface area contributed by atoms with E-state index in [1.807, 2.05) is 32.0 Å². The van der Waals surface area contributed by atoms with E-state index in [-0.39, 0.29) is 24.1 Å². The number of hydrogen-bond donors (Lipinski definition) is 3. The van der Waals surface area contributed by atoms with Gasteiger partial charge in [0.05, 0.1) is 11.8 Å². The molecule has 4 amide bonds. The number of nitrogens with one attached hydrogen (secondary N) is 2. The van der Waals surface area contributed by atoms with Gasteiger partial charge in [-0.15, -0.1) is 0 Å². The van der Waals surface area contributed by atoms with Gasteiger partial charge in [0.2, 0.25) is 23.6 Å². The molecule has 3 aliphatic rings. The van der Waals surface area contributed by atoms with E-state index in [0.29, 0.717) is 30.6 Å². The van der Waals surface area contributed by atoms with Gasteiger partial charge in [-0.3, -0.25) is 29.4 Å². The Morgan fingerprint density at radius 3 is 2.62 bits per heavy atom. The summed E-state index contributed by atoms with van der Waals surface area (Å²) in [6, 6.07) is 4.94. The van der Waals surface area contributed by atoms with Crippen molar-refractivity contribution >= 4 is 29.3 Å². The van der Waals surface area contributed by atoms with E-state index in [0.717, 1.165) is 12.0 Å². The van der Waals surface area contributed by atoms with E-state index >= 15 is 0 Å². The van der Waals surface area contributed by atoms with Crippen molar-refractivity contribution in [2.24, 2.45) is 17.6 Å². The molecule has 0 radical (unpaired) electrons. The average Bonchev–Trinajstić information content (AvgIpc) is 3.25. The van der Waals surface area contributed by atoms with Crippen LogP contribution in [0.4, 0.5) is 5.69 Å². The topological polar surface area (TPSA) is 122 Å². The fourth-order valence-electron chi connectivity index (χ4n) is 5.17. The minimum absolute atomic E-state index is 0.111. The first-order chi connectivity index (χ1) is 13.9. The van der Waals surface area contributed by atoms with Crippen LogP contribution in [-0.2, 0) is 31.1 Å². The molecule has 2 fully saturated rings. The van der Waals surface area contributed by atoms with Gasteiger partial charge in [-0.25, -0.2) is 0 Å². The third-order valence-electron chi connectivity index (χ3n) is 6.47. The molecule has 4 rings (SSSR count). The van der Waals surface area contributed by atoms with Crippen LogP contribution in [0.2, 0.25) is 0 Å². The van der Waals surface area contributed by atoms with Crippen molar-refractivity contribution in [2.45, 2.75) is 51.1 Å². The number of para-hydroxylation sites is 1. The second-order valence-electron chi connectivity index (χ2n) is 8.06. The molecule has 2 saturated heterocycles. The Morgan fingerprint density at radius 1 is 1.21 bits per heavy atom. The molecular weight excluding hydrogens is 372 g/mol. The van der Waals surface area contributed by atoms with Crippen LogP contribution in [-0.4, -0.2) is 41.1 Å². The van der Waals surface area contributed by atoms with Crippen LogP contribution in [0.25, 0.3) is 0 Å². The number of carbonyl (C=O) groups excluding carboxylic acids is 4. The number of imide groups is 1. The molecule has 4 N–H and O–H groups in total. The molecule has 1 aromatic carbocycles. The molecule has 1 aromatic rings. The van der Waals surface area contributed by atoms with Crippen molar-refractivity contribution in [1.29, 1.82) is 0 Å². The number of primary amides is 1. The molecular formula is C21H26N4O4. The summed E-state index contributed by atoms with van der Waals surface area (Å²) in [5, 5.41) is 6.14. The van der Waals surface area contributed by atoms with E-state index in [1.165, 1.54) is 4.90 Å². The Labute approximate surface area is 169 Å². The van der Waals surface area contributed by atoms with E-state index in [2.05, 4.69) is 10.6 Å². The first kappa shape index (κ1) is 19.6. The lowest BCUT2D eigenvalue weighted by Gasteiger charge is -2.29. The van der Waals surface area contributed by atoms with Crippen molar-refractivity contribution in [2.75, 3.05) is 11.9 Å². The number of anilines is 1. The highest BCUT2D eigenvalue weighted by Gasteiger charge is 2.70. The number of hydrogen-bond acceptors (Lipinski definition) is 5. The van der Waals surface area contributed by atoms with Gasteiger partial charge in [0.1, 0.15) is 5.54 Å². The van der Waals surface area contributed by atoms with Crippen LogP contribution in [0.5, 0.6) is 0 Å². The van der Waals surface area contributed by atoms with Crippen LogP contribution in [0.3, 0.4) is 0 Å². The number of carbonyl (C=O) groups is 4. The molecule has 1 spiro atoms. The maximum atomic E-state index is 13.4. The van der Waals surface area contributed by atoms with Gasteiger partial charge < -0.3 is 11.1 Å². The number of amides is 4.